The van der Waals surface area contributed by atoms with Crippen molar-refractivity contribution < 1.29 is 31.6 Å². The summed E-state index contributed by atoms with van der Waals surface area (Å²) in [5.41, 5.74) is -2.93. The molecular weight excluding hydrogens is 267 g/mol. The highest BCUT2D eigenvalue weighted by atomic mass is 19.4. The zero-order valence-electron chi connectivity index (χ0n) is 8.66. The molecule has 0 N–H and O–H groups in total. The quantitative estimate of drug-likeness (QED) is 0.481. The number of halogens is 5. The summed E-state index contributed by atoms with van der Waals surface area (Å²) in [6.45, 7) is 0.836. The van der Waals surface area contributed by atoms with Crippen LogP contribution in [0.1, 0.15) is 17.6 Å². The van der Waals surface area contributed by atoms with Gasteiger partial charge in [-0.05, 0) is 6.92 Å². The van der Waals surface area contributed by atoms with Gasteiger partial charge in [0.1, 0.15) is 11.8 Å². The number of alkyl halides is 5. The third-order valence-corrected chi connectivity index (χ3v) is 1.93. The van der Waals surface area contributed by atoms with Crippen LogP contribution in [0.25, 0.3) is 0 Å². The van der Waals surface area contributed by atoms with Crippen molar-refractivity contribution in [1.29, 1.82) is 0 Å². The normalized spacial score (nSPS) is 11.7. The molecule has 0 saturated carbocycles. The maximum absolute atomic E-state index is 12.6. The van der Waals surface area contributed by atoms with E-state index in [1.165, 1.54) is 0 Å². The summed E-state index contributed by atoms with van der Waals surface area (Å²) in [5, 5.41) is 10.4. The van der Waals surface area contributed by atoms with Crippen molar-refractivity contribution in [2.24, 2.45) is 0 Å². The summed E-state index contributed by atoms with van der Waals surface area (Å²) in [6.07, 6.45) is -8.13. The van der Waals surface area contributed by atoms with Gasteiger partial charge in [0.25, 0.3) is 12.1 Å². The standard InChI is InChI=1S/C8H5F5N2O3/c1-3-5(6(9)10)4(15(16)17)2-14-7(3)18-8(11,12)13/h2,6H,1H3. The highest BCUT2D eigenvalue weighted by molar-refractivity contribution is 5.48. The predicted octanol–water partition coefficient (Wildman–Crippen LogP) is 3.13. The molecule has 0 radical (unpaired) electrons. The lowest BCUT2D eigenvalue weighted by molar-refractivity contribution is -0.386. The molecule has 18 heavy (non-hydrogen) atoms. The lowest BCUT2D eigenvalue weighted by Crippen LogP contribution is -2.19. The van der Waals surface area contributed by atoms with Crippen molar-refractivity contribution in [1.82, 2.24) is 4.98 Å². The number of aromatic nitrogens is 1. The van der Waals surface area contributed by atoms with E-state index in [1.54, 1.807) is 0 Å². The number of hydrogen-bond acceptors (Lipinski definition) is 4. The number of hydrogen-bond donors (Lipinski definition) is 0. The van der Waals surface area contributed by atoms with E-state index >= 15 is 0 Å². The molecule has 1 heterocycles. The Morgan fingerprint density at radius 2 is 2.00 bits per heavy atom. The van der Waals surface area contributed by atoms with Crippen LogP contribution in [0.3, 0.4) is 0 Å². The van der Waals surface area contributed by atoms with Crippen LogP contribution in [0.15, 0.2) is 6.20 Å². The fourth-order valence-corrected chi connectivity index (χ4v) is 1.23. The van der Waals surface area contributed by atoms with Gasteiger partial charge in [0.2, 0.25) is 5.88 Å². The second-order valence-electron chi connectivity index (χ2n) is 3.09. The van der Waals surface area contributed by atoms with E-state index in [9.17, 15) is 32.1 Å². The molecule has 0 atom stereocenters. The van der Waals surface area contributed by atoms with Gasteiger partial charge >= 0.3 is 6.36 Å². The van der Waals surface area contributed by atoms with Gasteiger partial charge in [-0.15, -0.1) is 13.2 Å². The molecule has 0 aliphatic heterocycles. The third-order valence-electron chi connectivity index (χ3n) is 1.93. The Bertz CT molecular complexity index is 475. The Labute approximate surface area is 96.3 Å². The van der Waals surface area contributed by atoms with Crippen molar-refractivity contribution in [3.05, 3.63) is 27.4 Å². The van der Waals surface area contributed by atoms with E-state index < -0.39 is 40.4 Å². The smallest absolute Gasteiger partial charge is 0.388 e. The maximum atomic E-state index is 12.6. The molecule has 1 aromatic rings. The van der Waals surface area contributed by atoms with E-state index in [-0.39, 0.29) is 0 Å². The molecule has 0 fully saturated rings. The van der Waals surface area contributed by atoms with Crippen LogP contribution in [0.4, 0.5) is 27.6 Å². The summed E-state index contributed by atoms with van der Waals surface area (Å²) in [5.74, 6) is -1.14. The van der Waals surface area contributed by atoms with E-state index in [2.05, 4.69) is 9.72 Å². The SMILES string of the molecule is Cc1c(OC(F)(F)F)ncc([N+](=O)[O-])c1C(F)F. The Kier molecular flexibility index (Phi) is 3.67. The Morgan fingerprint density at radius 3 is 2.39 bits per heavy atom. The van der Waals surface area contributed by atoms with Crippen LogP contribution < -0.4 is 4.74 Å². The largest absolute Gasteiger partial charge is 0.574 e. The molecule has 0 spiro atoms. The summed E-state index contributed by atoms with van der Waals surface area (Å²) in [4.78, 5) is 12.3. The molecule has 0 aliphatic rings. The second-order valence-corrected chi connectivity index (χ2v) is 3.09. The molecular formula is C8H5F5N2O3. The minimum Gasteiger partial charge on any atom is -0.388 e. The number of nitro groups is 1. The summed E-state index contributed by atoms with van der Waals surface area (Å²) >= 11 is 0. The molecule has 100 valence electrons. The number of pyridine rings is 1. The summed E-state index contributed by atoms with van der Waals surface area (Å²) < 4.78 is 64.4. The minimum atomic E-state index is -5.12. The van der Waals surface area contributed by atoms with Crippen LogP contribution in [-0.4, -0.2) is 16.3 Å². The molecule has 1 aromatic heterocycles. The van der Waals surface area contributed by atoms with Crippen molar-refractivity contribution in [3.8, 4) is 5.88 Å². The van der Waals surface area contributed by atoms with Crippen molar-refractivity contribution in [2.45, 2.75) is 19.7 Å². The van der Waals surface area contributed by atoms with Gasteiger partial charge in [0.15, 0.2) is 0 Å². The fraction of sp³-hybridized carbons (Fsp3) is 0.375. The van der Waals surface area contributed by atoms with Crippen LogP contribution >= 0.6 is 0 Å². The molecule has 0 bridgehead atoms. The Balaban J connectivity index is 3.35. The Morgan fingerprint density at radius 1 is 1.44 bits per heavy atom. The third kappa shape index (κ3) is 3.02. The molecule has 1 rings (SSSR count). The highest BCUT2D eigenvalue weighted by Gasteiger charge is 2.35. The first-order valence-electron chi connectivity index (χ1n) is 4.31. The lowest BCUT2D eigenvalue weighted by atomic mass is 10.1. The van der Waals surface area contributed by atoms with Crippen LogP contribution in [-0.2, 0) is 0 Å². The second kappa shape index (κ2) is 4.70. The maximum Gasteiger partial charge on any atom is 0.574 e. The highest BCUT2D eigenvalue weighted by Crippen LogP contribution is 2.36. The predicted molar refractivity (Wildman–Crippen MR) is 47.3 cm³/mol. The fourth-order valence-electron chi connectivity index (χ4n) is 1.23. The zero-order chi connectivity index (χ0) is 14.1. The van der Waals surface area contributed by atoms with Crippen LogP contribution in [0, 0.1) is 17.0 Å². The first kappa shape index (κ1) is 14.1. The molecule has 0 saturated heterocycles. The number of ether oxygens (including phenoxy) is 1. The summed E-state index contributed by atoms with van der Waals surface area (Å²) in [7, 11) is 0. The van der Waals surface area contributed by atoms with Gasteiger partial charge in [-0.25, -0.2) is 13.8 Å². The van der Waals surface area contributed by atoms with Gasteiger partial charge in [0.05, 0.1) is 4.92 Å². The van der Waals surface area contributed by atoms with Gasteiger partial charge in [0, 0.05) is 5.56 Å². The topological polar surface area (TPSA) is 65.3 Å². The van der Waals surface area contributed by atoms with Gasteiger partial charge < -0.3 is 4.74 Å². The van der Waals surface area contributed by atoms with Gasteiger partial charge in [-0.3, -0.25) is 10.1 Å². The van der Waals surface area contributed by atoms with Crippen molar-refractivity contribution >= 4 is 5.69 Å². The molecule has 0 aliphatic carbocycles. The average molecular weight is 272 g/mol. The monoisotopic (exact) mass is 272 g/mol. The van der Waals surface area contributed by atoms with Gasteiger partial charge in [-0.1, -0.05) is 0 Å². The first-order valence-corrected chi connectivity index (χ1v) is 4.31. The zero-order valence-corrected chi connectivity index (χ0v) is 8.66. The molecule has 0 unspecified atom stereocenters. The van der Waals surface area contributed by atoms with E-state index in [4.69, 9.17) is 0 Å². The van der Waals surface area contributed by atoms with Crippen LogP contribution in [0.2, 0.25) is 0 Å². The van der Waals surface area contributed by atoms with Crippen LogP contribution in [0.5, 0.6) is 5.88 Å². The Hall–Kier alpha value is -2.00. The molecule has 0 aromatic carbocycles. The lowest BCUT2D eigenvalue weighted by Gasteiger charge is -2.12. The summed E-state index contributed by atoms with van der Waals surface area (Å²) in [6, 6.07) is 0. The minimum absolute atomic E-state index is 0.301. The van der Waals surface area contributed by atoms with E-state index in [0.29, 0.717) is 6.20 Å². The van der Waals surface area contributed by atoms with Crippen molar-refractivity contribution in [3.63, 3.8) is 0 Å². The average Bonchev–Trinajstić information content (AvgIpc) is 2.17. The first-order chi connectivity index (χ1) is 8.13. The van der Waals surface area contributed by atoms with Crippen molar-refractivity contribution in [2.75, 3.05) is 0 Å². The number of rotatable bonds is 3. The van der Waals surface area contributed by atoms with E-state index in [0.717, 1.165) is 6.92 Å². The number of nitrogens with zero attached hydrogens (tertiary/aromatic N) is 2. The van der Waals surface area contributed by atoms with Gasteiger partial charge in [-0.2, -0.15) is 0 Å². The molecule has 0 amide bonds. The molecule has 5 nitrogen and oxygen atoms in total. The van der Waals surface area contributed by atoms with E-state index in [1.807, 2.05) is 0 Å². The molecule has 10 heteroatoms.